The van der Waals surface area contributed by atoms with Crippen LogP contribution < -0.4 is 0 Å². The summed E-state index contributed by atoms with van der Waals surface area (Å²) in [5.74, 6) is 0. The molecule has 0 aromatic carbocycles. The van der Waals surface area contributed by atoms with E-state index in [0.29, 0.717) is 0 Å². The molecule has 6 heteroatoms. The Labute approximate surface area is 112 Å². The van der Waals surface area contributed by atoms with Crippen molar-refractivity contribution in [3.05, 3.63) is 35.0 Å². The highest BCUT2D eigenvalue weighted by Crippen LogP contribution is 2.32. The number of alkyl halides is 2. The largest absolute Gasteiger partial charge is 0.266 e. The van der Waals surface area contributed by atoms with Crippen molar-refractivity contribution in [1.82, 2.24) is 14.8 Å². The van der Waals surface area contributed by atoms with Crippen LogP contribution in [0.1, 0.15) is 17.7 Å². The first-order valence-corrected chi connectivity index (χ1v) is 6.60. The zero-order valence-corrected chi connectivity index (χ0v) is 11.2. The van der Waals surface area contributed by atoms with Crippen molar-refractivity contribution in [2.45, 2.75) is 13.3 Å². The molecule has 0 N–H and O–H groups in total. The monoisotopic (exact) mass is 279 g/mol. The summed E-state index contributed by atoms with van der Waals surface area (Å²) in [6, 6.07) is 3.45. The van der Waals surface area contributed by atoms with Gasteiger partial charge in [-0.3, -0.25) is 9.67 Å². The first-order chi connectivity index (χ1) is 9.06. The van der Waals surface area contributed by atoms with Crippen LogP contribution in [0.15, 0.2) is 23.7 Å². The Balaban J connectivity index is 2.11. The number of pyridine rings is 1. The third kappa shape index (κ3) is 2.02. The van der Waals surface area contributed by atoms with E-state index < -0.39 is 6.43 Å². The van der Waals surface area contributed by atoms with Gasteiger partial charge in [-0.05, 0) is 19.1 Å². The molecule has 0 radical (unpaired) electrons. The minimum Gasteiger partial charge on any atom is -0.266 e. The van der Waals surface area contributed by atoms with Gasteiger partial charge >= 0.3 is 0 Å². The standard InChI is InChI=1S/C13H11F2N3S/c1-7-12-10(18(2)17-7)3-8(5-16-12)11-4-9(6-19-11)13(14)15/h3-6,13H,1-2H3. The van der Waals surface area contributed by atoms with E-state index in [9.17, 15) is 8.78 Å². The predicted octanol–water partition coefficient (Wildman–Crippen LogP) is 3.94. The van der Waals surface area contributed by atoms with Gasteiger partial charge in [-0.2, -0.15) is 5.10 Å². The fourth-order valence-corrected chi connectivity index (χ4v) is 2.94. The van der Waals surface area contributed by atoms with Crippen LogP contribution in [0.5, 0.6) is 0 Å². The van der Waals surface area contributed by atoms with E-state index in [4.69, 9.17) is 0 Å². The molecule has 0 aliphatic carbocycles. The van der Waals surface area contributed by atoms with Gasteiger partial charge in [-0.25, -0.2) is 8.78 Å². The highest BCUT2D eigenvalue weighted by Gasteiger charge is 2.13. The summed E-state index contributed by atoms with van der Waals surface area (Å²) in [5, 5.41) is 5.78. The molecule has 0 aliphatic heterocycles. The molecule has 19 heavy (non-hydrogen) atoms. The topological polar surface area (TPSA) is 30.7 Å². The lowest BCUT2D eigenvalue weighted by Gasteiger charge is -1.99. The molecule has 0 spiro atoms. The van der Waals surface area contributed by atoms with Gasteiger partial charge in [0.05, 0.1) is 11.2 Å². The molecule has 0 unspecified atom stereocenters. The zero-order valence-electron chi connectivity index (χ0n) is 10.4. The van der Waals surface area contributed by atoms with Crippen LogP contribution in [0.4, 0.5) is 8.78 Å². The molecule has 0 amide bonds. The molecule has 0 bridgehead atoms. The van der Waals surface area contributed by atoms with Crippen LogP contribution in [-0.4, -0.2) is 14.8 Å². The summed E-state index contributed by atoms with van der Waals surface area (Å²) in [4.78, 5) is 5.16. The highest BCUT2D eigenvalue weighted by molar-refractivity contribution is 7.13. The number of fused-ring (bicyclic) bond motifs is 1. The minimum absolute atomic E-state index is 0.0567. The molecule has 3 aromatic heterocycles. The Morgan fingerprint density at radius 2 is 2.11 bits per heavy atom. The highest BCUT2D eigenvalue weighted by atomic mass is 32.1. The Hall–Kier alpha value is -1.82. The number of rotatable bonds is 2. The summed E-state index contributed by atoms with van der Waals surface area (Å²) in [6.07, 6.45) is -0.724. The average molecular weight is 279 g/mol. The molecule has 3 heterocycles. The molecule has 3 rings (SSSR count). The van der Waals surface area contributed by atoms with Gasteiger partial charge < -0.3 is 0 Å². The second-order valence-electron chi connectivity index (χ2n) is 4.35. The van der Waals surface area contributed by atoms with Crippen molar-refractivity contribution in [1.29, 1.82) is 0 Å². The maximum atomic E-state index is 12.6. The molecule has 0 aliphatic rings. The molecule has 0 atom stereocenters. The summed E-state index contributed by atoms with van der Waals surface area (Å²) in [6.45, 7) is 1.90. The van der Waals surface area contributed by atoms with Crippen LogP contribution in [0.2, 0.25) is 0 Å². The molecule has 3 nitrogen and oxygen atoms in total. The lowest BCUT2D eigenvalue weighted by Crippen LogP contribution is -1.89. The van der Waals surface area contributed by atoms with E-state index in [2.05, 4.69) is 10.1 Å². The van der Waals surface area contributed by atoms with Crippen molar-refractivity contribution in [2.24, 2.45) is 7.05 Å². The van der Waals surface area contributed by atoms with Crippen molar-refractivity contribution in [2.75, 3.05) is 0 Å². The summed E-state index contributed by atoms with van der Waals surface area (Å²) in [7, 11) is 1.85. The van der Waals surface area contributed by atoms with Crippen LogP contribution >= 0.6 is 11.3 Å². The Morgan fingerprint density at radius 1 is 1.32 bits per heavy atom. The third-order valence-corrected chi connectivity index (χ3v) is 4.01. The van der Waals surface area contributed by atoms with Crippen molar-refractivity contribution >= 4 is 22.4 Å². The van der Waals surface area contributed by atoms with E-state index in [1.165, 1.54) is 22.8 Å². The van der Waals surface area contributed by atoms with Gasteiger partial charge in [0.1, 0.15) is 5.52 Å². The SMILES string of the molecule is Cc1nn(C)c2cc(-c3cc(C(F)F)cs3)cnc12. The predicted molar refractivity (Wildman–Crippen MR) is 71.5 cm³/mol. The second-order valence-corrected chi connectivity index (χ2v) is 5.26. The molecule has 0 fully saturated rings. The quantitative estimate of drug-likeness (QED) is 0.711. The van der Waals surface area contributed by atoms with Crippen molar-refractivity contribution in [3.8, 4) is 10.4 Å². The lowest BCUT2D eigenvalue weighted by molar-refractivity contribution is 0.152. The number of aryl methyl sites for hydroxylation is 2. The van der Waals surface area contributed by atoms with Gasteiger partial charge in [-0.15, -0.1) is 11.3 Å². The van der Waals surface area contributed by atoms with Gasteiger partial charge in [0.25, 0.3) is 6.43 Å². The van der Waals surface area contributed by atoms with Crippen molar-refractivity contribution < 1.29 is 8.78 Å². The van der Waals surface area contributed by atoms with Crippen LogP contribution in [0.3, 0.4) is 0 Å². The van der Waals surface area contributed by atoms with Crippen LogP contribution in [0.25, 0.3) is 21.5 Å². The van der Waals surface area contributed by atoms with E-state index >= 15 is 0 Å². The maximum Gasteiger partial charge on any atom is 0.264 e. The first kappa shape index (κ1) is 12.2. The van der Waals surface area contributed by atoms with E-state index in [-0.39, 0.29) is 5.56 Å². The molecular formula is C13H11F2N3S. The van der Waals surface area contributed by atoms with Gasteiger partial charge in [0, 0.05) is 34.6 Å². The second kappa shape index (κ2) is 4.38. The number of aromatic nitrogens is 3. The molecule has 0 saturated heterocycles. The Morgan fingerprint density at radius 3 is 2.79 bits per heavy atom. The fraction of sp³-hybridized carbons (Fsp3) is 0.231. The van der Waals surface area contributed by atoms with E-state index in [0.717, 1.165) is 27.2 Å². The first-order valence-electron chi connectivity index (χ1n) is 5.72. The van der Waals surface area contributed by atoms with Gasteiger partial charge in [-0.1, -0.05) is 0 Å². The molecular weight excluding hydrogens is 268 g/mol. The van der Waals surface area contributed by atoms with Gasteiger partial charge in [0.2, 0.25) is 0 Å². The summed E-state index contributed by atoms with van der Waals surface area (Å²) >= 11 is 1.30. The third-order valence-electron chi connectivity index (χ3n) is 3.02. The number of nitrogens with zero attached hydrogens (tertiary/aromatic N) is 3. The molecule has 3 aromatic rings. The zero-order chi connectivity index (χ0) is 13.6. The Kier molecular flexibility index (Phi) is 2.82. The number of thiophene rings is 1. The molecule has 98 valence electrons. The van der Waals surface area contributed by atoms with E-state index in [1.54, 1.807) is 10.9 Å². The summed E-state index contributed by atoms with van der Waals surface area (Å²) in [5.41, 5.74) is 3.51. The lowest BCUT2D eigenvalue weighted by atomic mass is 10.2. The average Bonchev–Trinajstić information content (AvgIpc) is 2.96. The fourth-order valence-electron chi connectivity index (χ4n) is 2.06. The summed E-state index contributed by atoms with van der Waals surface area (Å²) < 4.78 is 26.9. The van der Waals surface area contributed by atoms with Crippen LogP contribution in [0, 0.1) is 6.92 Å². The van der Waals surface area contributed by atoms with Gasteiger partial charge in [0.15, 0.2) is 0 Å². The van der Waals surface area contributed by atoms with Crippen molar-refractivity contribution in [3.63, 3.8) is 0 Å². The normalized spacial score (nSPS) is 11.6. The van der Waals surface area contributed by atoms with Crippen LogP contribution in [-0.2, 0) is 7.05 Å². The number of hydrogen-bond donors (Lipinski definition) is 0. The smallest absolute Gasteiger partial charge is 0.264 e. The maximum absolute atomic E-state index is 12.6. The number of hydrogen-bond acceptors (Lipinski definition) is 3. The minimum atomic E-state index is -2.43. The Bertz CT molecular complexity index is 746. The van der Waals surface area contributed by atoms with E-state index in [1.807, 2.05) is 20.0 Å². The molecule has 0 saturated carbocycles. The number of halogens is 2.